The molecule has 3 nitrogen and oxygen atoms in total. The largest absolute Gasteiger partial charge is 0.309 e. The highest BCUT2D eigenvalue weighted by molar-refractivity contribution is 9.10. The van der Waals surface area contributed by atoms with Crippen molar-refractivity contribution < 1.29 is 0 Å². The van der Waals surface area contributed by atoms with E-state index in [1.54, 1.807) is 0 Å². The fourth-order valence-corrected chi connectivity index (χ4v) is 3.53. The maximum atomic E-state index is 4.48. The fourth-order valence-electron chi connectivity index (χ4n) is 2.23. The van der Waals surface area contributed by atoms with Gasteiger partial charge in [-0.1, -0.05) is 13.0 Å². The first-order valence-electron chi connectivity index (χ1n) is 6.62. The van der Waals surface area contributed by atoms with Crippen molar-refractivity contribution in [1.29, 1.82) is 0 Å². The molecule has 0 fully saturated rings. The van der Waals surface area contributed by atoms with Gasteiger partial charge in [-0.3, -0.25) is 4.68 Å². The fraction of sp³-hybridized carbons (Fsp3) is 0.500. The zero-order chi connectivity index (χ0) is 13.8. The minimum absolute atomic E-state index is 0.294. The van der Waals surface area contributed by atoms with E-state index in [1.165, 1.54) is 10.6 Å². The Labute approximate surface area is 127 Å². The minimum Gasteiger partial charge on any atom is -0.309 e. The first kappa shape index (κ1) is 14.8. The van der Waals surface area contributed by atoms with E-state index < -0.39 is 0 Å². The van der Waals surface area contributed by atoms with Crippen LogP contribution in [0.3, 0.4) is 0 Å². The second-order valence-electron chi connectivity index (χ2n) is 4.81. The van der Waals surface area contributed by atoms with Gasteiger partial charge >= 0.3 is 0 Å². The number of hydrogen-bond acceptors (Lipinski definition) is 3. The van der Waals surface area contributed by atoms with Crippen molar-refractivity contribution >= 4 is 27.3 Å². The van der Waals surface area contributed by atoms with E-state index in [0.29, 0.717) is 12.1 Å². The smallest absolute Gasteiger partial charge is 0.0702 e. The van der Waals surface area contributed by atoms with Crippen LogP contribution in [-0.4, -0.2) is 16.3 Å². The lowest BCUT2D eigenvalue weighted by Gasteiger charge is -2.21. The van der Waals surface area contributed by atoms with Gasteiger partial charge in [0.15, 0.2) is 0 Å². The summed E-state index contributed by atoms with van der Waals surface area (Å²) in [6.45, 7) is 7.42. The van der Waals surface area contributed by atoms with Crippen LogP contribution in [0.5, 0.6) is 0 Å². The van der Waals surface area contributed by atoms with E-state index in [4.69, 9.17) is 0 Å². The Morgan fingerprint density at radius 1 is 1.47 bits per heavy atom. The molecule has 0 radical (unpaired) electrons. The predicted octanol–water partition coefficient (Wildman–Crippen LogP) is 4.18. The molecule has 1 atom stereocenters. The van der Waals surface area contributed by atoms with Gasteiger partial charge in [0, 0.05) is 17.3 Å². The molecular formula is C14H20BrN3S. The molecular weight excluding hydrogens is 322 g/mol. The molecule has 2 aromatic rings. The van der Waals surface area contributed by atoms with Gasteiger partial charge in [0.2, 0.25) is 0 Å². The lowest BCUT2D eigenvalue weighted by atomic mass is 10.1. The molecule has 1 N–H and O–H groups in total. The van der Waals surface area contributed by atoms with Crippen molar-refractivity contribution in [2.24, 2.45) is 0 Å². The maximum absolute atomic E-state index is 4.48. The molecule has 0 aliphatic rings. The van der Waals surface area contributed by atoms with Gasteiger partial charge in [-0.2, -0.15) is 5.10 Å². The topological polar surface area (TPSA) is 29.9 Å². The Morgan fingerprint density at radius 3 is 2.84 bits per heavy atom. The molecule has 1 unspecified atom stereocenters. The lowest BCUT2D eigenvalue weighted by molar-refractivity contribution is 0.448. The van der Waals surface area contributed by atoms with Crippen LogP contribution in [0, 0.1) is 0 Å². The third-order valence-corrected chi connectivity index (χ3v) is 4.55. The van der Waals surface area contributed by atoms with Crippen LogP contribution in [0.1, 0.15) is 43.4 Å². The summed E-state index contributed by atoms with van der Waals surface area (Å²) in [5.74, 6) is 0. The van der Waals surface area contributed by atoms with Crippen molar-refractivity contribution in [3.63, 3.8) is 0 Å². The summed E-state index contributed by atoms with van der Waals surface area (Å²) in [6, 6.07) is 4.96. The zero-order valence-corrected chi connectivity index (χ0v) is 14.0. The van der Waals surface area contributed by atoms with Crippen LogP contribution >= 0.6 is 27.3 Å². The van der Waals surface area contributed by atoms with E-state index in [2.05, 4.69) is 69.3 Å². The number of halogens is 1. The lowest BCUT2D eigenvalue weighted by Crippen LogP contribution is -2.26. The zero-order valence-electron chi connectivity index (χ0n) is 11.6. The third-order valence-electron chi connectivity index (χ3n) is 3.04. The Morgan fingerprint density at radius 2 is 2.26 bits per heavy atom. The first-order chi connectivity index (χ1) is 9.13. The highest BCUT2D eigenvalue weighted by Gasteiger charge is 2.21. The van der Waals surface area contributed by atoms with Gasteiger partial charge in [-0.25, -0.2) is 0 Å². The normalized spacial score (nSPS) is 13.1. The quantitative estimate of drug-likeness (QED) is 0.853. The van der Waals surface area contributed by atoms with E-state index >= 15 is 0 Å². The molecule has 19 heavy (non-hydrogen) atoms. The number of rotatable bonds is 6. The monoisotopic (exact) mass is 341 g/mol. The summed E-state index contributed by atoms with van der Waals surface area (Å²) in [5.41, 5.74) is 1.24. The highest BCUT2D eigenvalue weighted by atomic mass is 79.9. The van der Waals surface area contributed by atoms with Crippen LogP contribution in [-0.2, 0) is 6.42 Å². The van der Waals surface area contributed by atoms with E-state index in [-0.39, 0.29) is 0 Å². The van der Waals surface area contributed by atoms with Crippen molar-refractivity contribution in [1.82, 2.24) is 15.1 Å². The molecule has 0 spiro atoms. The van der Waals surface area contributed by atoms with Crippen LogP contribution in [0.25, 0.3) is 0 Å². The summed E-state index contributed by atoms with van der Waals surface area (Å²) in [5, 5.41) is 10.2. The second kappa shape index (κ2) is 6.68. The van der Waals surface area contributed by atoms with Gasteiger partial charge in [0.25, 0.3) is 0 Å². The molecule has 0 aliphatic heterocycles. The van der Waals surface area contributed by atoms with Crippen LogP contribution in [0.2, 0.25) is 0 Å². The summed E-state index contributed by atoms with van der Waals surface area (Å²) >= 11 is 5.45. The SMILES string of the molecule is CCNC(Cc1cccs1)c1c(Br)cnn1C(C)C. The molecule has 0 amide bonds. The van der Waals surface area contributed by atoms with Crippen LogP contribution in [0.4, 0.5) is 0 Å². The predicted molar refractivity (Wildman–Crippen MR) is 84.8 cm³/mol. The Balaban J connectivity index is 2.30. The number of hydrogen-bond donors (Lipinski definition) is 1. The molecule has 0 aromatic carbocycles. The van der Waals surface area contributed by atoms with E-state index in [9.17, 15) is 0 Å². The average molecular weight is 342 g/mol. The molecule has 2 heterocycles. The molecule has 5 heteroatoms. The van der Waals surface area contributed by atoms with Gasteiger partial charge in [-0.15, -0.1) is 11.3 Å². The minimum atomic E-state index is 0.294. The Bertz CT molecular complexity index is 505. The summed E-state index contributed by atoms with van der Waals surface area (Å²) < 4.78 is 3.19. The highest BCUT2D eigenvalue weighted by Crippen LogP contribution is 2.29. The van der Waals surface area contributed by atoms with Crippen LogP contribution in [0.15, 0.2) is 28.2 Å². The maximum Gasteiger partial charge on any atom is 0.0702 e. The summed E-state index contributed by atoms with van der Waals surface area (Å²) in [6.07, 6.45) is 2.90. The molecule has 0 saturated heterocycles. The van der Waals surface area contributed by atoms with Crippen LogP contribution < -0.4 is 5.32 Å². The van der Waals surface area contributed by atoms with Crippen molar-refractivity contribution in [2.75, 3.05) is 6.54 Å². The molecule has 2 aromatic heterocycles. The summed E-state index contributed by atoms with van der Waals surface area (Å²) in [7, 11) is 0. The van der Waals surface area contributed by atoms with Crippen molar-refractivity contribution in [2.45, 2.75) is 39.3 Å². The molecule has 0 aliphatic carbocycles. The summed E-state index contributed by atoms with van der Waals surface area (Å²) in [4.78, 5) is 1.40. The van der Waals surface area contributed by atoms with E-state index in [1.807, 2.05) is 17.5 Å². The van der Waals surface area contributed by atoms with Crippen molar-refractivity contribution in [3.05, 3.63) is 38.8 Å². The number of nitrogens with zero attached hydrogens (tertiary/aromatic N) is 2. The van der Waals surface area contributed by atoms with Gasteiger partial charge < -0.3 is 5.32 Å². The third kappa shape index (κ3) is 3.46. The molecule has 0 bridgehead atoms. The molecule has 104 valence electrons. The first-order valence-corrected chi connectivity index (χ1v) is 8.29. The van der Waals surface area contributed by atoms with Gasteiger partial charge in [0.05, 0.1) is 22.4 Å². The number of aromatic nitrogens is 2. The Kier molecular flexibility index (Phi) is 5.19. The van der Waals surface area contributed by atoms with Gasteiger partial charge in [0.1, 0.15) is 0 Å². The standard InChI is InChI=1S/C14H20BrN3S/c1-4-16-13(8-11-6-5-7-19-11)14-12(15)9-17-18(14)10(2)3/h5-7,9-10,13,16H,4,8H2,1-3H3. The van der Waals surface area contributed by atoms with Crippen molar-refractivity contribution in [3.8, 4) is 0 Å². The number of nitrogens with one attached hydrogen (secondary N) is 1. The number of thiophene rings is 1. The van der Waals surface area contributed by atoms with E-state index in [0.717, 1.165) is 17.4 Å². The second-order valence-corrected chi connectivity index (χ2v) is 6.70. The Hall–Kier alpha value is -0.650. The van der Waals surface area contributed by atoms with Gasteiger partial charge in [-0.05, 0) is 47.8 Å². The average Bonchev–Trinajstić information content (AvgIpc) is 2.97. The number of likely N-dealkylation sites (N-methyl/N-ethyl adjacent to an activating group) is 1. The molecule has 2 rings (SSSR count). The molecule has 0 saturated carbocycles.